The van der Waals surface area contributed by atoms with Gasteiger partial charge in [0.25, 0.3) is 0 Å². The fourth-order valence-corrected chi connectivity index (χ4v) is 0.721. The van der Waals surface area contributed by atoms with Gasteiger partial charge in [-0.05, 0) is 6.92 Å². The second-order valence-corrected chi connectivity index (χ2v) is 2.84. The lowest BCUT2D eigenvalue weighted by Gasteiger charge is -2.19. The Kier molecular flexibility index (Phi) is 4.36. The van der Waals surface area contributed by atoms with E-state index in [1.165, 1.54) is 14.0 Å². The van der Waals surface area contributed by atoms with Crippen LogP contribution in [0.3, 0.4) is 0 Å². The molecule has 0 rings (SSSR count). The molecule has 0 aromatic carbocycles. The topological polar surface area (TPSA) is 102 Å². The van der Waals surface area contributed by atoms with Gasteiger partial charge >= 0.3 is 5.97 Å². The highest BCUT2D eigenvalue weighted by molar-refractivity contribution is 5.79. The highest BCUT2D eigenvalue weighted by Gasteiger charge is 2.30. The summed E-state index contributed by atoms with van der Waals surface area (Å²) in [5.74, 6) is -1.31. The molecule has 0 aliphatic rings. The molecule has 0 spiro atoms. The van der Waals surface area contributed by atoms with Crippen molar-refractivity contribution in [3.05, 3.63) is 0 Å². The van der Waals surface area contributed by atoms with E-state index in [2.05, 4.69) is 10.1 Å². The van der Waals surface area contributed by atoms with Crippen LogP contribution in [0.25, 0.3) is 0 Å². The van der Waals surface area contributed by atoms with Crippen LogP contribution in [-0.2, 0) is 14.3 Å². The second kappa shape index (κ2) is 4.78. The molecule has 6 heteroatoms. The number of nitrogens with one attached hydrogen (secondary N) is 1. The number of ether oxygens (including phenoxy) is 1. The molecule has 0 aliphatic carbocycles. The quantitative estimate of drug-likeness (QED) is 0.434. The maximum Gasteiger partial charge on any atom is 0.338 e. The third-order valence-electron chi connectivity index (χ3n) is 1.39. The first kappa shape index (κ1) is 11.9. The van der Waals surface area contributed by atoms with E-state index in [1.54, 1.807) is 0 Å². The molecule has 0 heterocycles. The van der Waals surface area contributed by atoms with Gasteiger partial charge < -0.3 is 20.9 Å². The number of carbonyl (C=O) groups excluding carboxylic acids is 2. The van der Waals surface area contributed by atoms with Crippen molar-refractivity contribution in [3.8, 4) is 0 Å². The highest BCUT2D eigenvalue weighted by atomic mass is 16.5. The van der Waals surface area contributed by atoms with Gasteiger partial charge in [-0.3, -0.25) is 4.79 Å². The number of rotatable bonds is 5. The maximum atomic E-state index is 10.9. The molecule has 4 N–H and O–H groups in total. The van der Waals surface area contributed by atoms with Gasteiger partial charge in [-0.1, -0.05) is 0 Å². The van der Waals surface area contributed by atoms with Crippen LogP contribution in [0.15, 0.2) is 0 Å². The predicted molar refractivity (Wildman–Crippen MR) is 44.7 cm³/mol. The molecule has 0 fully saturated rings. The van der Waals surface area contributed by atoms with Crippen molar-refractivity contribution in [1.29, 1.82) is 0 Å². The van der Waals surface area contributed by atoms with Crippen LogP contribution in [0.2, 0.25) is 0 Å². The molecule has 0 saturated carbocycles. The molecular weight excluding hydrogens is 176 g/mol. The number of aliphatic hydroxyl groups is 1. The molecule has 0 saturated heterocycles. The summed E-state index contributed by atoms with van der Waals surface area (Å²) in [4.78, 5) is 21.2. The van der Waals surface area contributed by atoms with Gasteiger partial charge in [0, 0.05) is 6.54 Å². The van der Waals surface area contributed by atoms with Crippen LogP contribution in [0.1, 0.15) is 6.92 Å². The number of amides is 1. The Labute approximate surface area is 76.0 Å². The van der Waals surface area contributed by atoms with E-state index in [4.69, 9.17) is 5.73 Å². The Balaban J connectivity index is 3.89. The zero-order valence-electron chi connectivity index (χ0n) is 7.66. The number of carbonyl (C=O) groups is 2. The van der Waals surface area contributed by atoms with Gasteiger partial charge in [0.05, 0.1) is 13.7 Å². The molecular formula is C7H14N2O4. The fraction of sp³-hybridized carbons (Fsp3) is 0.714. The first-order valence-corrected chi connectivity index (χ1v) is 3.70. The zero-order chi connectivity index (χ0) is 10.5. The Hall–Kier alpha value is -1.14. The van der Waals surface area contributed by atoms with Crippen LogP contribution in [0.5, 0.6) is 0 Å². The van der Waals surface area contributed by atoms with Crippen molar-refractivity contribution in [1.82, 2.24) is 5.32 Å². The SMILES string of the molecule is COC(=O)C(C)(O)CNCC(N)=O. The Morgan fingerprint density at radius 1 is 1.62 bits per heavy atom. The lowest BCUT2D eigenvalue weighted by atomic mass is 10.1. The molecule has 6 nitrogen and oxygen atoms in total. The Morgan fingerprint density at radius 2 is 2.15 bits per heavy atom. The minimum absolute atomic E-state index is 0.0807. The van der Waals surface area contributed by atoms with E-state index in [-0.39, 0.29) is 13.1 Å². The third-order valence-corrected chi connectivity index (χ3v) is 1.39. The summed E-state index contributed by atoms with van der Waals surface area (Å²) in [5, 5.41) is 11.9. The molecule has 1 amide bonds. The average Bonchev–Trinajstić information content (AvgIpc) is 2.01. The van der Waals surface area contributed by atoms with Gasteiger partial charge in [0.1, 0.15) is 0 Å². The Bertz CT molecular complexity index is 203. The summed E-state index contributed by atoms with van der Waals surface area (Å²) < 4.78 is 4.33. The number of primary amides is 1. The monoisotopic (exact) mass is 190 g/mol. The van der Waals surface area contributed by atoms with Crippen molar-refractivity contribution < 1.29 is 19.4 Å². The van der Waals surface area contributed by atoms with Crippen LogP contribution in [0, 0.1) is 0 Å². The van der Waals surface area contributed by atoms with Crippen molar-refractivity contribution in [2.45, 2.75) is 12.5 Å². The predicted octanol–water partition coefficient (Wildman–Crippen LogP) is -2.01. The van der Waals surface area contributed by atoms with E-state index in [9.17, 15) is 14.7 Å². The number of methoxy groups -OCH3 is 1. The molecule has 0 radical (unpaired) electrons. The third kappa shape index (κ3) is 4.44. The number of hydrogen-bond acceptors (Lipinski definition) is 5. The number of hydrogen-bond donors (Lipinski definition) is 3. The number of esters is 1. The van der Waals surface area contributed by atoms with E-state index >= 15 is 0 Å². The van der Waals surface area contributed by atoms with Crippen LogP contribution >= 0.6 is 0 Å². The highest BCUT2D eigenvalue weighted by Crippen LogP contribution is 2.02. The standard InChI is InChI=1S/C7H14N2O4/c1-7(12,6(11)13-2)4-9-3-5(8)10/h9,12H,3-4H2,1-2H3,(H2,8,10). The summed E-state index contributed by atoms with van der Waals surface area (Å²) >= 11 is 0. The average molecular weight is 190 g/mol. The van der Waals surface area contributed by atoms with Gasteiger partial charge in [-0.15, -0.1) is 0 Å². The van der Waals surface area contributed by atoms with Crippen molar-refractivity contribution in [2.75, 3.05) is 20.2 Å². The minimum atomic E-state index is -1.63. The smallest absolute Gasteiger partial charge is 0.338 e. The second-order valence-electron chi connectivity index (χ2n) is 2.84. The van der Waals surface area contributed by atoms with Crippen molar-refractivity contribution >= 4 is 11.9 Å². The van der Waals surface area contributed by atoms with Gasteiger partial charge in [0.15, 0.2) is 5.60 Å². The lowest BCUT2D eigenvalue weighted by molar-refractivity contribution is -0.160. The summed E-state index contributed by atoms with van der Waals surface area (Å²) in [6, 6.07) is 0. The summed E-state index contributed by atoms with van der Waals surface area (Å²) in [6.07, 6.45) is 0. The molecule has 13 heavy (non-hydrogen) atoms. The molecule has 1 atom stereocenters. The first-order chi connectivity index (χ1) is 5.90. The molecule has 1 unspecified atom stereocenters. The van der Waals surface area contributed by atoms with E-state index < -0.39 is 17.5 Å². The fourth-order valence-electron chi connectivity index (χ4n) is 0.721. The van der Waals surface area contributed by atoms with E-state index in [0.717, 1.165) is 0 Å². The van der Waals surface area contributed by atoms with Crippen molar-refractivity contribution in [3.63, 3.8) is 0 Å². The molecule has 0 bridgehead atoms. The van der Waals surface area contributed by atoms with E-state index in [0.29, 0.717) is 0 Å². The van der Waals surface area contributed by atoms with Gasteiger partial charge in [0.2, 0.25) is 5.91 Å². The first-order valence-electron chi connectivity index (χ1n) is 3.70. The van der Waals surface area contributed by atoms with Crippen LogP contribution in [-0.4, -0.2) is 42.8 Å². The van der Waals surface area contributed by atoms with E-state index in [1.807, 2.05) is 0 Å². The minimum Gasteiger partial charge on any atom is -0.467 e. The Morgan fingerprint density at radius 3 is 2.54 bits per heavy atom. The normalized spacial score (nSPS) is 14.7. The number of nitrogens with two attached hydrogens (primary N) is 1. The molecule has 0 aromatic rings. The molecule has 0 aliphatic heterocycles. The maximum absolute atomic E-state index is 10.9. The molecule has 0 aromatic heterocycles. The van der Waals surface area contributed by atoms with Crippen LogP contribution in [0.4, 0.5) is 0 Å². The van der Waals surface area contributed by atoms with Gasteiger partial charge in [-0.2, -0.15) is 0 Å². The molecule has 76 valence electrons. The van der Waals surface area contributed by atoms with Gasteiger partial charge in [-0.25, -0.2) is 4.79 Å². The summed E-state index contributed by atoms with van der Waals surface area (Å²) in [6.45, 7) is 1.11. The lowest BCUT2D eigenvalue weighted by Crippen LogP contribution is -2.47. The summed E-state index contributed by atoms with van der Waals surface area (Å²) in [5.41, 5.74) is 3.20. The zero-order valence-corrected chi connectivity index (χ0v) is 7.66. The van der Waals surface area contributed by atoms with Crippen LogP contribution < -0.4 is 11.1 Å². The van der Waals surface area contributed by atoms with Crippen molar-refractivity contribution in [2.24, 2.45) is 5.73 Å². The summed E-state index contributed by atoms with van der Waals surface area (Å²) in [7, 11) is 1.17. The largest absolute Gasteiger partial charge is 0.467 e.